The third kappa shape index (κ3) is 5.13. The van der Waals surface area contributed by atoms with Gasteiger partial charge >= 0.3 is 0 Å². The van der Waals surface area contributed by atoms with Gasteiger partial charge in [0, 0.05) is 47.5 Å². The molecule has 0 aromatic heterocycles. The average Bonchev–Trinajstić information content (AvgIpc) is 2.86. The van der Waals surface area contributed by atoms with Crippen LogP contribution in [0.25, 0.3) is 0 Å². The highest BCUT2D eigenvalue weighted by atomic mass is 35.5. The van der Waals surface area contributed by atoms with Crippen molar-refractivity contribution < 1.29 is 9.90 Å². The van der Waals surface area contributed by atoms with Gasteiger partial charge in [-0.05, 0) is 41.8 Å². The van der Waals surface area contributed by atoms with Crippen LogP contribution in [0.3, 0.4) is 0 Å². The van der Waals surface area contributed by atoms with Gasteiger partial charge in [0.15, 0.2) is 0 Å². The molecule has 29 heavy (non-hydrogen) atoms. The summed E-state index contributed by atoms with van der Waals surface area (Å²) >= 11 is 7.97. The highest BCUT2D eigenvalue weighted by Gasteiger charge is 2.25. The monoisotopic (exact) mass is 431 g/mol. The Labute approximate surface area is 181 Å². The first kappa shape index (κ1) is 20.7. The third-order valence-electron chi connectivity index (χ3n) is 5.54. The average molecular weight is 432 g/mol. The Morgan fingerprint density at radius 2 is 1.86 bits per heavy atom. The lowest BCUT2D eigenvalue weighted by atomic mass is 9.99. The van der Waals surface area contributed by atoms with E-state index in [4.69, 9.17) is 16.7 Å². The number of nitrogens with zero attached hydrogens (tertiary/aromatic N) is 2. The summed E-state index contributed by atoms with van der Waals surface area (Å²) in [5.74, 6) is 0.0517. The number of nitrogens with one attached hydrogen (secondary N) is 1. The normalized spacial score (nSPS) is 19.9. The van der Waals surface area contributed by atoms with Crippen LogP contribution in [-0.2, 0) is 11.2 Å². The Morgan fingerprint density at radius 1 is 1.10 bits per heavy atom. The molecule has 4 rings (SSSR count). The number of amides is 1. The lowest BCUT2D eigenvalue weighted by Crippen LogP contribution is -2.50. The molecule has 7 heteroatoms. The number of β-amino-alcohol motifs (C(OH)–C–C–N with tert-alkyl or cyclic N) is 1. The van der Waals surface area contributed by atoms with Gasteiger partial charge in [0.2, 0.25) is 5.91 Å². The Bertz CT molecular complexity index is 871. The fourth-order valence-corrected chi connectivity index (χ4v) is 5.32. The van der Waals surface area contributed by atoms with Crippen molar-refractivity contribution in [3.63, 3.8) is 0 Å². The number of carbonyl (C=O) groups excluding carboxylic acids is 1. The van der Waals surface area contributed by atoms with E-state index in [2.05, 4.69) is 33.3 Å². The highest BCUT2D eigenvalue weighted by Crippen LogP contribution is 2.41. The Kier molecular flexibility index (Phi) is 6.77. The molecule has 0 unspecified atom stereocenters. The van der Waals surface area contributed by atoms with Crippen molar-refractivity contribution >= 4 is 29.3 Å². The van der Waals surface area contributed by atoms with Gasteiger partial charge in [-0.1, -0.05) is 41.6 Å². The molecule has 2 aromatic rings. The van der Waals surface area contributed by atoms with E-state index in [1.54, 1.807) is 11.8 Å². The number of aliphatic hydroxyl groups is 1. The van der Waals surface area contributed by atoms with E-state index >= 15 is 0 Å². The maximum Gasteiger partial charge on any atom is 0.234 e. The fraction of sp³-hybridized carbons (Fsp3) is 0.409. The Morgan fingerprint density at radius 3 is 2.66 bits per heavy atom. The number of rotatable bonds is 5. The summed E-state index contributed by atoms with van der Waals surface area (Å²) in [7, 11) is 0. The quantitative estimate of drug-likeness (QED) is 0.762. The van der Waals surface area contributed by atoms with E-state index in [9.17, 15) is 4.79 Å². The van der Waals surface area contributed by atoms with Crippen molar-refractivity contribution in [2.75, 3.05) is 45.9 Å². The summed E-state index contributed by atoms with van der Waals surface area (Å²) in [5, 5.41) is 13.1. The number of fused-ring (bicyclic) bond motifs is 2. The van der Waals surface area contributed by atoms with Crippen LogP contribution in [0.15, 0.2) is 52.3 Å². The summed E-state index contributed by atoms with van der Waals surface area (Å²) < 4.78 is 0. The smallest absolute Gasteiger partial charge is 0.234 e. The van der Waals surface area contributed by atoms with Crippen LogP contribution in [0.4, 0.5) is 0 Å². The minimum absolute atomic E-state index is 0.0517. The summed E-state index contributed by atoms with van der Waals surface area (Å²) in [6.07, 6.45) is 0.732. The van der Waals surface area contributed by atoms with Crippen molar-refractivity contribution in [2.45, 2.75) is 22.3 Å². The Balaban J connectivity index is 1.45. The van der Waals surface area contributed by atoms with Crippen molar-refractivity contribution in [3.8, 4) is 0 Å². The van der Waals surface area contributed by atoms with E-state index in [-0.39, 0.29) is 18.6 Å². The molecule has 2 aromatic carbocycles. The molecule has 2 aliphatic heterocycles. The first-order valence-electron chi connectivity index (χ1n) is 10.0. The van der Waals surface area contributed by atoms with Gasteiger partial charge < -0.3 is 10.4 Å². The van der Waals surface area contributed by atoms with Crippen molar-refractivity contribution in [1.82, 2.24) is 15.1 Å². The molecule has 1 fully saturated rings. The maximum absolute atomic E-state index is 12.8. The van der Waals surface area contributed by atoms with E-state index < -0.39 is 0 Å². The zero-order valence-electron chi connectivity index (χ0n) is 16.3. The summed E-state index contributed by atoms with van der Waals surface area (Å²) in [6, 6.07) is 14.2. The van der Waals surface area contributed by atoms with Gasteiger partial charge in [-0.25, -0.2) is 0 Å². The van der Waals surface area contributed by atoms with E-state index in [0.29, 0.717) is 13.1 Å². The number of carbonyl (C=O) groups is 1. The zero-order valence-corrected chi connectivity index (χ0v) is 17.9. The van der Waals surface area contributed by atoms with Gasteiger partial charge in [0.1, 0.15) is 0 Å². The van der Waals surface area contributed by atoms with Crippen LogP contribution in [0.5, 0.6) is 0 Å². The molecule has 0 aliphatic carbocycles. The van der Waals surface area contributed by atoms with Crippen molar-refractivity contribution in [2.24, 2.45) is 0 Å². The standard InChI is InChI=1S/C22H26ClN3O2S/c23-17-5-6-20-16(13-17)14-19(18-3-1-2-4-21(18)29-20)24-22(28)15-26-9-7-25(8-10-26)11-12-27/h1-6,13,19,27H,7-12,14-15H2,(H,24,28)/t19-/m1/s1. The zero-order chi connectivity index (χ0) is 20.2. The summed E-state index contributed by atoms with van der Waals surface area (Å²) in [5.41, 5.74) is 2.33. The fourth-order valence-electron chi connectivity index (χ4n) is 4.00. The van der Waals surface area contributed by atoms with Gasteiger partial charge in [0.05, 0.1) is 19.2 Å². The molecule has 1 saturated heterocycles. The third-order valence-corrected chi connectivity index (χ3v) is 6.99. The van der Waals surface area contributed by atoms with Crippen molar-refractivity contribution in [1.29, 1.82) is 0 Å². The van der Waals surface area contributed by atoms with Crippen LogP contribution >= 0.6 is 23.4 Å². The second kappa shape index (κ2) is 9.49. The molecular weight excluding hydrogens is 406 g/mol. The van der Waals surface area contributed by atoms with Crippen LogP contribution in [0.2, 0.25) is 5.02 Å². The van der Waals surface area contributed by atoms with Crippen molar-refractivity contribution in [3.05, 3.63) is 58.6 Å². The molecule has 2 aliphatic rings. The topological polar surface area (TPSA) is 55.8 Å². The predicted octanol–water partition coefficient (Wildman–Crippen LogP) is 2.81. The molecule has 5 nitrogen and oxygen atoms in total. The minimum Gasteiger partial charge on any atom is -0.395 e. The van der Waals surface area contributed by atoms with E-state index in [0.717, 1.165) is 43.2 Å². The lowest BCUT2D eigenvalue weighted by molar-refractivity contribution is -0.123. The van der Waals surface area contributed by atoms with Gasteiger partial charge in [0.25, 0.3) is 0 Å². The number of piperazine rings is 1. The van der Waals surface area contributed by atoms with Crippen LogP contribution in [0.1, 0.15) is 17.2 Å². The van der Waals surface area contributed by atoms with Crippen LogP contribution in [-0.4, -0.2) is 66.7 Å². The second-order valence-electron chi connectivity index (χ2n) is 7.56. The molecule has 0 spiro atoms. The van der Waals surface area contributed by atoms with Gasteiger partial charge in [-0.3, -0.25) is 14.6 Å². The van der Waals surface area contributed by atoms with Crippen LogP contribution in [0, 0.1) is 0 Å². The number of halogens is 1. The molecule has 0 radical (unpaired) electrons. The summed E-state index contributed by atoms with van der Waals surface area (Å²) in [6.45, 7) is 4.78. The first-order valence-corrected chi connectivity index (χ1v) is 11.2. The van der Waals surface area contributed by atoms with E-state index in [1.165, 1.54) is 15.4 Å². The molecule has 2 heterocycles. The lowest BCUT2D eigenvalue weighted by Gasteiger charge is -2.34. The Hall–Kier alpha value is -1.57. The van der Waals surface area contributed by atoms with Crippen LogP contribution < -0.4 is 5.32 Å². The SMILES string of the molecule is O=C(CN1CCN(CCO)CC1)N[C@@H]1Cc2cc(Cl)ccc2Sc2ccccc21. The molecule has 0 saturated carbocycles. The second-order valence-corrected chi connectivity index (χ2v) is 9.08. The number of hydrogen-bond donors (Lipinski definition) is 2. The van der Waals surface area contributed by atoms with Gasteiger partial charge in [-0.15, -0.1) is 0 Å². The highest BCUT2D eigenvalue weighted by molar-refractivity contribution is 7.99. The number of aliphatic hydroxyl groups excluding tert-OH is 1. The van der Waals surface area contributed by atoms with E-state index in [1.807, 2.05) is 24.3 Å². The largest absolute Gasteiger partial charge is 0.395 e. The molecule has 1 amide bonds. The minimum atomic E-state index is -0.0680. The first-order chi connectivity index (χ1) is 14.1. The number of hydrogen-bond acceptors (Lipinski definition) is 5. The molecular formula is C22H26ClN3O2S. The van der Waals surface area contributed by atoms with Gasteiger partial charge in [-0.2, -0.15) is 0 Å². The maximum atomic E-state index is 12.8. The molecule has 154 valence electrons. The number of benzene rings is 2. The summed E-state index contributed by atoms with van der Waals surface area (Å²) in [4.78, 5) is 19.6. The molecule has 1 atom stereocenters. The molecule has 2 N–H and O–H groups in total. The predicted molar refractivity (Wildman–Crippen MR) is 117 cm³/mol. The molecule has 0 bridgehead atoms.